The minimum atomic E-state index is -0.145. The number of hydrogen-bond donors (Lipinski definition) is 1. The Morgan fingerprint density at radius 3 is 2.73 bits per heavy atom. The summed E-state index contributed by atoms with van der Waals surface area (Å²) >= 11 is 12.0. The van der Waals surface area contributed by atoms with Gasteiger partial charge >= 0.3 is 0 Å². The Morgan fingerprint density at radius 1 is 1.15 bits per heavy atom. The highest BCUT2D eigenvalue weighted by atomic mass is 35.5. The topological polar surface area (TPSA) is 75.9 Å². The summed E-state index contributed by atoms with van der Waals surface area (Å²) in [5, 5.41) is 7.96. The second-order valence-electron chi connectivity index (χ2n) is 5.90. The summed E-state index contributed by atoms with van der Waals surface area (Å²) in [4.78, 5) is 22.9. The molecule has 4 rings (SSSR count). The fourth-order valence-corrected chi connectivity index (χ4v) is 3.04. The van der Waals surface area contributed by atoms with Crippen molar-refractivity contribution >= 4 is 40.6 Å². The van der Waals surface area contributed by atoms with Crippen molar-refractivity contribution in [3.63, 3.8) is 0 Å². The quantitative estimate of drug-likeness (QED) is 0.743. The van der Waals surface area contributed by atoms with E-state index in [0.29, 0.717) is 34.6 Å². The Labute approximate surface area is 159 Å². The normalized spacial score (nSPS) is 14.2. The lowest BCUT2D eigenvalue weighted by atomic mass is 9.99. The van der Waals surface area contributed by atoms with E-state index in [0.717, 1.165) is 5.82 Å². The molecule has 1 aromatic carbocycles. The molecule has 7 nitrogen and oxygen atoms in total. The van der Waals surface area contributed by atoms with Crippen molar-refractivity contribution in [2.45, 2.75) is 0 Å². The maximum atomic E-state index is 12.4. The molecule has 0 bridgehead atoms. The Hall–Kier alpha value is -2.64. The highest BCUT2D eigenvalue weighted by Crippen LogP contribution is 2.28. The van der Waals surface area contributed by atoms with Crippen molar-refractivity contribution in [2.75, 3.05) is 23.3 Å². The van der Waals surface area contributed by atoms with Crippen molar-refractivity contribution in [2.24, 2.45) is 5.92 Å². The number of amides is 1. The molecule has 1 N–H and O–H groups in total. The van der Waals surface area contributed by atoms with Gasteiger partial charge in [0.15, 0.2) is 5.82 Å². The molecule has 1 saturated heterocycles. The Balaban J connectivity index is 1.40. The van der Waals surface area contributed by atoms with Gasteiger partial charge in [-0.25, -0.2) is 14.6 Å². The minimum Gasteiger partial charge on any atom is -0.355 e. The zero-order valence-corrected chi connectivity index (χ0v) is 15.0. The predicted molar refractivity (Wildman–Crippen MR) is 99.9 cm³/mol. The number of nitrogens with one attached hydrogen (secondary N) is 1. The van der Waals surface area contributed by atoms with Crippen molar-refractivity contribution in [3.05, 3.63) is 59.1 Å². The van der Waals surface area contributed by atoms with Gasteiger partial charge < -0.3 is 10.2 Å². The van der Waals surface area contributed by atoms with E-state index < -0.39 is 0 Å². The van der Waals surface area contributed by atoms with Gasteiger partial charge in [0.05, 0.1) is 16.6 Å². The van der Waals surface area contributed by atoms with E-state index in [1.807, 2.05) is 23.2 Å². The van der Waals surface area contributed by atoms with Crippen LogP contribution in [0, 0.1) is 5.92 Å². The standard InChI is InChI=1S/C17H14Cl2N6O/c18-12-2-3-13(19)14(6-12)23-17(26)11-8-24(9-11)15-7-16(21-10-20-15)25-5-1-4-22-25/h1-7,10-11H,8-9H2,(H,23,26). The molecule has 2 aromatic heterocycles. The van der Waals surface area contributed by atoms with E-state index in [4.69, 9.17) is 23.2 Å². The minimum absolute atomic E-state index is 0.0910. The van der Waals surface area contributed by atoms with Crippen LogP contribution in [-0.4, -0.2) is 38.7 Å². The summed E-state index contributed by atoms with van der Waals surface area (Å²) in [5.74, 6) is 1.20. The monoisotopic (exact) mass is 388 g/mol. The lowest BCUT2D eigenvalue weighted by Gasteiger charge is -2.39. The summed E-state index contributed by atoms with van der Waals surface area (Å²) in [6, 6.07) is 8.64. The third kappa shape index (κ3) is 3.36. The van der Waals surface area contributed by atoms with Crippen LogP contribution in [0.1, 0.15) is 0 Å². The van der Waals surface area contributed by atoms with Crippen molar-refractivity contribution in [1.82, 2.24) is 19.7 Å². The van der Waals surface area contributed by atoms with Gasteiger partial charge in [-0.2, -0.15) is 5.10 Å². The fraction of sp³-hybridized carbons (Fsp3) is 0.176. The smallest absolute Gasteiger partial charge is 0.231 e. The largest absolute Gasteiger partial charge is 0.355 e. The van der Waals surface area contributed by atoms with Crippen LogP contribution >= 0.6 is 23.2 Å². The zero-order chi connectivity index (χ0) is 18.1. The molecule has 1 amide bonds. The second-order valence-corrected chi connectivity index (χ2v) is 6.74. The fourth-order valence-electron chi connectivity index (χ4n) is 2.70. The highest BCUT2D eigenvalue weighted by molar-refractivity contribution is 6.35. The van der Waals surface area contributed by atoms with Gasteiger partial charge in [-0.1, -0.05) is 23.2 Å². The van der Waals surface area contributed by atoms with Crippen molar-refractivity contribution in [3.8, 4) is 5.82 Å². The SMILES string of the molecule is O=C(Nc1cc(Cl)ccc1Cl)C1CN(c2cc(-n3cccn3)ncn2)C1. The first-order valence-corrected chi connectivity index (χ1v) is 8.68. The van der Waals surface area contributed by atoms with Gasteiger partial charge in [0.1, 0.15) is 12.1 Å². The molecule has 3 heterocycles. The number of nitrogens with zero attached hydrogens (tertiary/aromatic N) is 5. The molecule has 1 aliphatic rings. The molecule has 0 atom stereocenters. The van der Waals surface area contributed by atoms with Gasteiger partial charge in [0, 0.05) is 36.6 Å². The number of rotatable bonds is 4. The van der Waals surface area contributed by atoms with Gasteiger partial charge in [-0.15, -0.1) is 0 Å². The summed E-state index contributed by atoms with van der Waals surface area (Å²) in [7, 11) is 0. The van der Waals surface area contributed by atoms with E-state index >= 15 is 0 Å². The van der Waals surface area contributed by atoms with E-state index in [1.54, 1.807) is 29.1 Å². The number of carbonyl (C=O) groups excluding carboxylic acids is 1. The van der Waals surface area contributed by atoms with E-state index in [2.05, 4.69) is 20.4 Å². The van der Waals surface area contributed by atoms with Gasteiger partial charge in [0.2, 0.25) is 5.91 Å². The summed E-state index contributed by atoms with van der Waals surface area (Å²) in [6.45, 7) is 1.14. The molecule has 0 spiro atoms. The zero-order valence-electron chi connectivity index (χ0n) is 13.5. The van der Waals surface area contributed by atoms with Crippen LogP contribution < -0.4 is 10.2 Å². The number of aromatic nitrogens is 4. The van der Waals surface area contributed by atoms with E-state index in [-0.39, 0.29) is 11.8 Å². The molecule has 0 aliphatic carbocycles. The lowest BCUT2D eigenvalue weighted by molar-refractivity contribution is -0.120. The Morgan fingerprint density at radius 2 is 1.96 bits per heavy atom. The Kier molecular flexibility index (Phi) is 4.48. The van der Waals surface area contributed by atoms with Gasteiger partial charge in [-0.05, 0) is 24.3 Å². The van der Waals surface area contributed by atoms with Crippen LogP contribution in [0.2, 0.25) is 10.0 Å². The van der Waals surface area contributed by atoms with E-state index in [1.165, 1.54) is 6.33 Å². The molecule has 3 aromatic rings. The molecule has 132 valence electrons. The van der Waals surface area contributed by atoms with E-state index in [9.17, 15) is 4.79 Å². The first kappa shape index (κ1) is 16.8. The summed E-state index contributed by atoms with van der Waals surface area (Å²) in [6.07, 6.45) is 4.99. The maximum Gasteiger partial charge on any atom is 0.231 e. The first-order valence-electron chi connectivity index (χ1n) is 7.93. The van der Waals surface area contributed by atoms with Crippen molar-refractivity contribution < 1.29 is 4.79 Å². The van der Waals surface area contributed by atoms with Crippen LogP contribution in [0.3, 0.4) is 0 Å². The van der Waals surface area contributed by atoms with Crippen molar-refractivity contribution in [1.29, 1.82) is 0 Å². The molecule has 0 radical (unpaired) electrons. The third-order valence-electron chi connectivity index (χ3n) is 4.14. The molecule has 1 aliphatic heterocycles. The number of benzene rings is 1. The average Bonchev–Trinajstić information content (AvgIpc) is 3.12. The van der Waals surface area contributed by atoms with Gasteiger partial charge in [-0.3, -0.25) is 4.79 Å². The summed E-state index contributed by atoms with van der Waals surface area (Å²) in [5.41, 5.74) is 0.519. The van der Waals surface area contributed by atoms with Crippen LogP contribution in [0.15, 0.2) is 49.1 Å². The predicted octanol–water partition coefficient (Wildman–Crippen LogP) is 3.04. The van der Waals surface area contributed by atoms with Crippen LogP contribution in [0.25, 0.3) is 5.82 Å². The average molecular weight is 389 g/mol. The van der Waals surface area contributed by atoms with Gasteiger partial charge in [0.25, 0.3) is 0 Å². The number of anilines is 2. The molecule has 9 heteroatoms. The number of hydrogen-bond acceptors (Lipinski definition) is 5. The first-order chi connectivity index (χ1) is 12.6. The molecule has 0 saturated carbocycles. The molecule has 26 heavy (non-hydrogen) atoms. The third-order valence-corrected chi connectivity index (χ3v) is 4.70. The number of halogens is 2. The molecular formula is C17H14Cl2N6O. The molecular weight excluding hydrogens is 375 g/mol. The van der Waals surface area contributed by atoms with Crippen LogP contribution in [0.5, 0.6) is 0 Å². The molecule has 0 unspecified atom stereocenters. The lowest BCUT2D eigenvalue weighted by Crippen LogP contribution is -2.52. The molecule has 1 fully saturated rings. The number of carbonyl (C=O) groups is 1. The highest BCUT2D eigenvalue weighted by Gasteiger charge is 2.34. The maximum absolute atomic E-state index is 12.4. The van der Waals surface area contributed by atoms with Crippen LogP contribution in [-0.2, 0) is 4.79 Å². The second kappa shape index (κ2) is 6.93. The van der Waals surface area contributed by atoms with Crippen LogP contribution in [0.4, 0.5) is 11.5 Å². The summed E-state index contributed by atoms with van der Waals surface area (Å²) < 4.78 is 1.66. The Bertz CT molecular complexity index is 940.